The molecule has 0 saturated carbocycles. The molecule has 37 heavy (non-hydrogen) atoms. The number of rotatable bonds is 9. The van der Waals surface area contributed by atoms with Gasteiger partial charge in [-0.05, 0) is 39.4 Å². The van der Waals surface area contributed by atoms with Crippen LogP contribution in [-0.2, 0) is 17.9 Å². The van der Waals surface area contributed by atoms with E-state index in [1.165, 1.54) is 5.56 Å². The van der Waals surface area contributed by atoms with Crippen LogP contribution >= 0.6 is 0 Å². The van der Waals surface area contributed by atoms with E-state index in [0.717, 1.165) is 28.0 Å². The lowest BCUT2D eigenvalue weighted by Gasteiger charge is -2.49. The van der Waals surface area contributed by atoms with E-state index in [1.54, 1.807) is 35.6 Å². The first kappa shape index (κ1) is 24.9. The zero-order valence-electron chi connectivity index (χ0n) is 21.8. The zero-order valence-corrected chi connectivity index (χ0v) is 21.8. The van der Waals surface area contributed by atoms with Crippen molar-refractivity contribution in [3.63, 3.8) is 0 Å². The van der Waals surface area contributed by atoms with Gasteiger partial charge in [-0.15, -0.1) is 0 Å². The Balaban J connectivity index is 1.32. The number of amides is 1. The molecular weight excluding hydrogens is 468 g/mol. The molecule has 1 saturated heterocycles. The number of hydrogen-bond donors (Lipinski definition) is 3. The number of benzene rings is 1. The summed E-state index contributed by atoms with van der Waals surface area (Å²) in [6.07, 6.45) is 7.19. The van der Waals surface area contributed by atoms with Crippen molar-refractivity contribution in [1.29, 1.82) is 0 Å². The third kappa shape index (κ3) is 5.21. The predicted molar refractivity (Wildman–Crippen MR) is 142 cm³/mol. The minimum absolute atomic E-state index is 0.0408. The monoisotopic (exact) mass is 502 g/mol. The molecule has 0 unspecified atom stereocenters. The highest BCUT2D eigenvalue weighted by Gasteiger charge is 2.49. The second kappa shape index (κ2) is 9.60. The van der Waals surface area contributed by atoms with Gasteiger partial charge in [-0.2, -0.15) is 10.2 Å². The van der Waals surface area contributed by atoms with Crippen molar-refractivity contribution in [3.05, 3.63) is 66.4 Å². The van der Waals surface area contributed by atoms with E-state index < -0.39 is 11.0 Å². The van der Waals surface area contributed by atoms with Crippen molar-refractivity contribution < 1.29 is 9.90 Å². The largest absolute Gasteiger partial charge is 0.389 e. The third-order valence-electron chi connectivity index (χ3n) is 6.76. The Morgan fingerprint density at radius 1 is 1.14 bits per heavy atom. The second-order valence-corrected chi connectivity index (χ2v) is 10.7. The summed E-state index contributed by atoms with van der Waals surface area (Å²) in [5, 5.41) is 25.2. The number of anilines is 1. The van der Waals surface area contributed by atoms with Crippen LogP contribution in [0.1, 0.15) is 25.0 Å². The molecule has 0 bridgehead atoms. The fourth-order valence-corrected chi connectivity index (χ4v) is 4.90. The minimum Gasteiger partial charge on any atom is -0.389 e. The number of aryl methyl sites for hydroxylation is 1. The lowest BCUT2D eigenvalue weighted by atomic mass is 9.78. The molecule has 0 atom stereocenters. The van der Waals surface area contributed by atoms with Gasteiger partial charge in [-0.25, -0.2) is 9.50 Å². The maximum atomic E-state index is 13.3. The minimum atomic E-state index is -0.850. The lowest BCUT2D eigenvalue weighted by Crippen LogP contribution is -2.67. The fourth-order valence-electron chi connectivity index (χ4n) is 4.90. The van der Waals surface area contributed by atoms with Gasteiger partial charge in [-0.1, -0.05) is 29.8 Å². The fraction of sp³-hybridized carbons (Fsp3) is 0.407. The predicted octanol–water partition coefficient (Wildman–Crippen LogP) is 2.01. The molecule has 194 valence electrons. The molecule has 1 amide bonds. The summed E-state index contributed by atoms with van der Waals surface area (Å²) >= 11 is 0. The molecule has 4 heterocycles. The third-order valence-corrected chi connectivity index (χ3v) is 6.76. The number of fused-ring (bicyclic) bond motifs is 1. The molecule has 3 N–H and O–H groups in total. The molecule has 0 aliphatic carbocycles. The van der Waals surface area contributed by atoms with Crippen molar-refractivity contribution in [2.24, 2.45) is 5.41 Å². The van der Waals surface area contributed by atoms with Crippen LogP contribution in [0, 0.1) is 12.3 Å². The molecule has 1 aromatic carbocycles. The van der Waals surface area contributed by atoms with Crippen molar-refractivity contribution in [2.75, 3.05) is 31.6 Å². The Morgan fingerprint density at radius 3 is 2.59 bits per heavy atom. The summed E-state index contributed by atoms with van der Waals surface area (Å²) in [6.45, 7) is 8.17. The Hall–Kier alpha value is -3.76. The zero-order chi connectivity index (χ0) is 26.2. The van der Waals surface area contributed by atoms with Crippen molar-refractivity contribution >= 4 is 17.2 Å². The number of aromatic nitrogens is 5. The summed E-state index contributed by atoms with van der Waals surface area (Å²) in [5.41, 5.74) is 3.66. The van der Waals surface area contributed by atoms with Crippen LogP contribution in [0.2, 0.25) is 0 Å². The van der Waals surface area contributed by atoms with Gasteiger partial charge in [0.05, 0.1) is 23.8 Å². The molecule has 0 spiro atoms. The molecule has 10 nitrogen and oxygen atoms in total. The van der Waals surface area contributed by atoms with Crippen LogP contribution in [0.15, 0.2) is 55.2 Å². The molecule has 3 aromatic heterocycles. The van der Waals surface area contributed by atoms with E-state index in [-0.39, 0.29) is 5.91 Å². The maximum absolute atomic E-state index is 13.3. The highest BCUT2D eigenvalue weighted by molar-refractivity contribution is 5.88. The SMILES string of the molecule is CNCC1(C(=O)NCc2ccc(C)cc2)CN(c2ncnn3cc(-c4cnn(CC(C)(C)O)c4)cc23)C1. The quantitative estimate of drug-likeness (QED) is 0.321. The van der Waals surface area contributed by atoms with E-state index in [2.05, 4.69) is 49.8 Å². The standard InChI is InChI=1S/C27H34N8O2/c1-19-5-7-20(8-6-19)10-29-25(36)27(14-28-4)16-33(17-27)24-23-9-21(13-35(23)32-18-30-24)22-11-31-34(12-22)15-26(2,3)37/h5-9,11-13,18,28,37H,10,14-17H2,1-4H3,(H,29,36). The van der Waals surface area contributed by atoms with E-state index in [0.29, 0.717) is 32.7 Å². The highest BCUT2D eigenvalue weighted by Crippen LogP contribution is 2.36. The summed E-state index contributed by atoms with van der Waals surface area (Å²) in [4.78, 5) is 20.0. The summed E-state index contributed by atoms with van der Waals surface area (Å²) in [7, 11) is 1.87. The smallest absolute Gasteiger partial charge is 0.231 e. The Bertz CT molecular complexity index is 1390. The van der Waals surface area contributed by atoms with E-state index in [1.807, 2.05) is 37.6 Å². The second-order valence-electron chi connectivity index (χ2n) is 10.7. The van der Waals surface area contributed by atoms with Crippen LogP contribution in [0.3, 0.4) is 0 Å². The van der Waals surface area contributed by atoms with Gasteiger partial charge in [0.25, 0.3) is 0 Å². The van der Waals surface area contributed by atoms with Gasteiger partial charge in [0, 0.05) is 49.7 Å². The molecular formula is C27H34N8O2. The van der Waals surface area contributed by atoms with Gasteiger partial charge < -0.3 is 20.6 Å². The summed E-state index contributed by atoms with van der Waals surface area (Å²) in [6, 6.07) is 10.2. The molecule has 0 radical (unpaired) electrons. The first-order chi connectivity index (χ1) is 17.7. The van der Waals surface area contributed by atoms with Crippen LogP contribution < -0.4 is 15.5 Å². The van der Waals surface area contributed by atoms with Crippen LogP contribution in [-0.4, -0.2) is 67.7 Å². The molecule has 10 heteroatoms. The average molecular weight is 503 g/mol. The van der Waals surface area contributed by atoms with Crippen LogP contribution in [0.4, 0.5) is 5.82 Å². The van der Waals surface area contributed by atoms with Gasteiger partial charge in [0.15, 0.2) is 5.82 Å². The highest BCUT2D eigenvalue weighted by atomic mass is 16.3. The average Bonchev–Trinajstić information content (AvgIpc) is 3.46. The van der Waals surface area contributed by atoms with Crippen molar-refractivity contribution in [2.45, 2.75) is 39.5 Å². The maximum Gasteiger partial charge on any atom is 0.231 e. The normalized spacial score (nSPS) is 15.1. The Kier molecular flexibility index (Phi) is 6.47. The number of carbonyl (C=O) groups excluding carboxylic acids is 1. The van der Waals surface area contributed by atoms with Gasteiger partial charge in [0.1, 0.15) is 11.8 Å². The summed E-state index contributed by atoms with van der Waals surface area (Å²) in [5.74, 6) is 0.835. The lowest BCUT2D eigenvalue weighted by molar-refractivity contribution is -0.132. The number of hydrogen-bond acceptors (Lipinski definition) is 7. The van der Waals surface area contributed by atoms with Crippen LogP contribution in [0.25, 0.3) is 16.6 Å². The van der Waals surface area contributed by atoms with Crippen LogP contribution in [0.5, 0.6) is 0 Å². The number of aliphatic hydroxyl groups is 1. The first-order valence-electron chi connectivity index (χ1n) is 12.5. The molecule has 1 aliphatic rings. The van der Waals surface area contributed by atoms with Gasteiger partial charge in [-0.3, -0.25) is 9.48 Å². The molecule has 5 rings (SSSR count). The summed E-state index contributed by atoms with van der Waals surface area (Å²) < 4.78 is 3.54. The van der Waals surface area contributed by atoms with E-state index in [9.17, 15) is 9.90 Å². The number of carbonyl (C=O) groups is 1. The van der Waals surface area contributed by atoms with E-state index in [4.69, 9.17) is 0 Å². The van der Waals surface area contributed by atoms with E-state index >= 15 is 0 Å². The molecule has 1 fully saturated rings. The Morgan fingerprint density at radius 2 is 1.89 bits per heavy atom. The van der Waals surface area contributed by atoms with Gasteiger partial charge >= 0.3 is 0 Å². The van der Waals surface area contributed by atoms with Gasteiger partial charge in [0.2, 0.25) is 5.91 Å². The Labute approximate surface area is 216 Å². The van der Waals surface area contributed by atoms with Crippen molar-refractivity contribution in [1.82, 2.24) is 35.0 Å². The molecule has 1 aliphatic heterocycles. The molecule has 4 aromatic rings. The topological polar surface area (TPSA) is 113 Å². The number of nitrogens with zero attached hydrogens (tertiary/aromatic N) is 6. The first-order valence-corrected chi connectivity index (χ1v) is 12.5. The number of nitrogens with one attached hydrogen (secondary N) is 2. The van der Waals surface area contributed by atoms with Crippen molar-refractivity contribution in [3.8, 4) is 11.1 Å².